The van der Waals surface area contributed by atoms with Gasteiger partial charge in [0.2, 0.25) is 29.5 Å². The number of hydrogen-bond acceptors (Lipinski definition) is 24. The Kier molecular flexibility index (Phi) is 43.4. The number of unbranched alkanes of at least 4 members (excludes halogenated alkanes) is 2. The number of ether oxygens (including phenoxy) is 9. The maximum atomic E-state index is 14.9. The number of amides is 7. The molecule has 0 spiro atoms. The lowest BCUT2D eigenvalue weighted by Gasteiger charge is -2.41. The van der Waals surface area contributed by atoms with Crippen LogP contribution in [-0.2, 0) is 78.0 Å². The monoisotopic (exact) mass is 1820 g/mol. The first-order chi connectivity index (χ1) is 61.4. The predicted molar refractivity (Wildman–Crippen MR) is 495 cm³/mol. The molecule has 0 saturated carbocycles. The summed E-state index contributed by atoms with van der Waals surface area (Å²) in [5.41, 5.74) is 5.46. The average molecular weight is 1820 g/mol. The largest absolute Gasteiger partial charge is 0.493 e. The van der Waals surface area contributed by atoms with Gasteiger partial charge in [-0.05, 0) is 113 Å². The van der Waals surface area contributed by atoms with Gasteiger partial charge in [0, 0.05) is 135 Å². The van der Waals surface area contributed by atoms with Crippen LogP contribution >= 0.6 is 23.5 Å². The van der Waals surface area contributed by atoms with Gasteiger partial charge in [-0.2, -0.15) is 0 Å². The number of nitrogens with zero attached hydrogens (tertiary/aromatic N) is 7. The maximum absolute atomic E-state index is 14.9. The van der Waals surface area contributed by atoms with Gasteiger partial charge < -0.3 is 82.9 Å². The van der Waals surface area contributed by atoms with Crippen LogP contribution in [-0.4, -0.2) is 306 Å². The van der Waals surface area contributed by atoms with Gasteiger partial charge in [-0.25, -0.2) is 0 Å². The number of likely N-dealkylation sites (tertiary alicyclic amines) is 2. The average Bonchev–Trinajstić information content (AvgIpc) is 1.59. The number of hydrogen-bond donors (Lipinski definition) is 3. The zero-order valence-corrected chi connectivity index (χ0v) is 79.5. The van der Waals surface area contributed by atoms with E-state index in [0.717, 1.165) is 41.5 Å². The van der Waals surface area contributed by atoms with E-state index in [2.05, 4.69) is 28.8 Å². The highest BCUT2D eigenvalue weighted by Crippen LogP contribution is 2.42. The number of ketones is 3. The van der Waals surface area contributed by atoms with Crippen molar-refractivity contribution < 1.29 is 100 Å². The molecule has 3 aromatic carbocycles. The van der Waals surface area contributed by atoms with Crippen molar-refractivity contribution in [1.82, 2.24) is 35.1 Å². The van der Waals surface area contributed by atoms with Crippen LogP contribution in [0.1, 0.15) is 177 Å². The molecule has 32 heteroatoms. The molecule has 7 amide bonds. The molecule has 0 bridgehead atoms. The molecule has 12 atom stereocenters. The molecule has 4 fully saturated rings. The van der Waals surface area contributed by atoms with E-state index < -0.39 is 64.6 Å². The summed E-state index contributed by atoms with van der Waals surface area (Å²) >= 11 is 2.79. The van der Waals surface area contributed by atoms with Crippen molar-refractivity contribution in [2.75, 3.05) is 164 Å². The van der Waals surface area contributed by atoms with Crippen LogP contribution in [0.15, 0.2) is 83.9 Å². The summed E-state index contributed by atoms with van der Waals surface area (Å²) in [5.74, 6) is -4.36. The van der Waals surface area contributed by atoms with E-state index in [4.69, 9.17) is 42.6 Å². The number of carbonyl (C=O) groups excluding carboxylic acids is 10. The van der Waals surface area contributed by atoms with E-state index >= 15 is 0 Å². The van der Waals surface area contributed by atoms with Gasteiger partial charge in [-0.3, -0.25) is 62.6 Å². The number of likely N-dealkylation sites (N-methyl/N-ethyl adjacent to an activating group) is 2. The Labute approximate surface area is 765 Å². The van der Waals surface area contributed by atoms with Gasteiger partial charge in [0.1, 0.15) is 27.8 Å². The number of aryl methyl sites for hydroxylation is 1. The van der Waals surface area contributed by atoms with Crippen molar-refractivity contribution in [3.8, 4) is 17.2 Å². The molecule has 5 aliphatic rings. The SMILES string of the molecule is C=C1CCN(C(=O)c2cc(C)c(OCCCCCOc3cc4c(cc3OC)C(=O)N3CC(=C)C[C@H]3CN4C(=O)CCOCCOCCNC(=O)C3SCSC3C(=O)NCCOCCOCCC(=O)CCN(C)[C@H](C(=O)C[C@H](C(=O)N(C)[C@@H]([C@@H](C)CC)[C@@H](CC(=O)N3CCC[C@H]3[C@H](OC)[C@@H](C)C(=O)C[C@@H](Cc3ccccc3)C(=O)O)OC)C(C)C)C(C)C)cc2N=CC)C1. The normalized spacial score (nSPS) is 18.9. The summed E-state index contributed by atoms with van der Waals surface area (Å²) in [7, 11) is 8.09. The summed E-state index contributed by atoms with van der Waals surface area (Å²) < 4.78 is 53.4. The van der Waals surface area contributed by atoms with Crippen LogP contribution < -0.4 is 29.7 Å². The van der Waals surface area contributed by atoms with Crippen molar-refractivity contribution in [3.05, 3.63) is 101 Å². The molecule has 30 nitrogen and oxygen atoms in total. The molecule has 708 valence electrons. The van der Waals surface area contributed by atoms with E-state index in [9.17, 15) is 57.8 Å². The Morgan fingerprint density at radius 3 is 1.92 bits per heavy atom. The number of benzene rings is 3. The smallest absolute Gasteiger partial charge is 0.307 e. The van der Waals surface area contributed by atoms with Gasteiger partial charge in [-0.15, -0.1) is 23.5 Å². The summed E-state index contributed by atoms with van der Waals surface area (Å²) in [6.07, 6.45) is 6.04. The highest BCUT2D eigenvalue weighted by Gasteiger charge is 2.46. The van der Waals surface area contributed by atoms with Crippen molar-refractivity contribution in [2.45, 2.75) is 206 Å². The lowest BCUT2D eigenvalue weighted by molar-refractivity contribution is -0.149. The minimum absolute atomic E-state index is 0.0252. The molecule has 0 radical (unpaired) electrons. The quantitative estimate of drug-likeness (QED) is 0.0268. The molecule has 0 aromatic heterocycles. The molecule has 2 unspecified atom stereocenters. The molecule has 0 aliphatic carbocycles. The minimum Gasteiger partial charge on any atom is -0.493 e. The van der Waals surface area contributed by atoms with Gasteiger partial charge >= 0.3 is 5.97 Å². The number of aliphatic carboxylic acids is 1. The Bertz CT molecular complexity index is 4270. The molecular weight excluding hydrogens is 1680 g/mol. The molecule has 3 aromatic rings. The molecule has 3 N–H and O–H groups in total. The Morgan fingerprint density at radius 2 is 1.34 bits per heavy atom. The fraction of sp³-hybridized carbons (Fsp3) is 0.646. The third-order valence-electron chi connectivity index (χ3n) is 25.0. The molecule has 4 saturated heterocycles. The number of thioether (sulfide) groups is 2. The third-order valence-corrected chi connectivity index (χ3v) is 27.9. The van der Waals surface area contributed by atoms with Gasteiger partial charge in [0.05, 0.1) is 151 Å². The molecule has 5 heterocycles. The van der Waals surface area contributed by atoms with Crippen LogP contribution in [0.3, 0.4) is 0 Å². The van der Waals surface area contributed by atoms with E-state index in [1.54, 1.807) is 56.8 Å². The number of Topliss-reactive ketones (excluding diaryl/α,β-unsaturated/α-hetero) is 3. The fourth-order valence-corrected chi connectivity index (χ4v) is 20.7. The molecule has 5 aliphatic heterocycles. The third kappa shape index (κ3) is 30.0. The zero-order chi connectivity index (χ0) is 93.3. The minimum atomic E-state index is -1.06. The van der Waals surface area contributed by atoms with Crippen molar-refractivity contribution in [3.63, 3.8) is 0 Å². The first kappa shape index (κ1) is 105. The maximum Gasteiger partial charge on any atom is 0.307 e. The van der Waals surface area contributed by atoms with Crippen LogP contribution in [0.25, 0.3) is 0 Å². The van der Waals surface area contributed by atoms with Crippen LogP contribution in [0.4, 0.5) is 11.4 Å². The van der Waals surface area contributed by atoms with Crippen molar-refractivity contribution in [2.24, 2.45) is 40.5 Å². The van der Waals surface area contributed by atoms with Gasteiger partial charge in [0.25, 0.3) is 11.8 Å². The van der Waals surface area contributed by atoms with Crippen LogP contribution in [0, 0.1) is 42.4 Å². The lowest BCUT2D eigenvalue weighted by Crippen LogP contribution is -2.54. The molecule has 128 heavy (non-hydrogen) atoms. The Morgan fingerprint density at radius 1 is 0.695 bits per heavy atom. The number of rotatable bonds is 57. The summed E-state index contributed by atoms with van der Waals surface area (Å²) in [5, 5.41) is 15.2. The second-order valence-corrected chi connectivity index (χ2v) is 37.5. The topological polar surface area (TPSA) is 347 Å². The van der Waals surface area contributed by atoms with Crippen molar-refractivity contribution in [1.29, 1.82) is 0 Å². The Hall–Kier alpha value is -8.60. The fourth-order valence-electron chi connectivity index (χ4n) is 17.7. The number of fused-ring (bicyclic) bond motifs is 2. The number of methoxy groups -OCH3 is 3. The number of anilines is 1. The van der Waals surface area contributed by atoms with E-state index in [1.807, 2.05) is 110 Å². The summed E-state index contributed by atoms with van der Waals surface area (Å²) in [6.45, 7) is 30.7. The highest BCUT2D eigenvalue weighted by atomic mass is 32.2. The molecule has 8 rings (SSSR count). The number of carboxylic acids is 1. The van der Waals surface area contributed by atoms with Gasteiger partial charge in [-0.1, -0.05) is 110 Å². The second kappa shape index (κ2) is 53.0. The van der Waals surface area contributed by atoms with E-state index in [0.29, 0.717) is 123 Å². The van der Waals surface area contributed by atoms with Gasteiger partial charge in [0.15, 0.2) is 17.3 Å². The highest BCUT2D eigenvalue weighted by molar-refractivity contribution is 8.20. The number of carbonyl (C=O) groups is 11. The number of nitrogens with one attached hydrogen (secondary N) is 2. The number of carboxylic acid groups (broad SMARTS) is 1. The number of aliphatic imine (C=N–C) groups is 1. The van der Waals surface area contributed by atoms with Crippen LogP contribution in [0.5, 0.6) is 17.2 Å². The standard InChI is InChI=1S/C96H141N9O21S2/c1-17-65(9)87(83(119-15)56-85(110)103-35-25-28-76(103)88(120-16)67(11)78(107)51-69(96(116)117)50-68-26-21-19-22-27-68)101(13)93(113)72(61(3)4)52-79(108)86(62(5)6)100(12)36-30-71(106)31-40-121-44-46-123-42-33-98-91(111)89-90(128-60-127-89)92(112)99-34-43-124-47-45-122-41-32-84(109)105-59-70-48-64(8)58-104(70)95(115)74-53-81(118-14)82(55-77(74)105)126-39-24-20-23-38-125-80-54-75(97-18-2)73(49-66(80)10)94(114)102-37-29-63(7)57-102/h18-19,21-22,26-27,49,53-55,61-62,65,67,69-70,72,76,83,86-90H,7-8,17,20,23-25,28-48,50-52,56-60H2,1-6,9-16H3,(H,98,111)(H,99,112)(H,116,117)/t65-,67-,69+,70-,72-,76-,83+,86-,87-,88+,89?,90?/m0/s1. The Balaban J connectivity index is 0.680. The zero-order valence-electron chi connectivity index (χ0n) is 77.9. The predicted octanol–water partition coefficient (Wildman–Crippen LogP) is 11.1. The first-order valence-electron chi connectivity index (χ1n) is 45.5. The van der Waals surface area contributed by atoms with E-state index in [1.165, 1.54) is 44.9 Å². The molecular formula is C96H141N9O21S2. The summed E-state index contributed by atoms with van der Waals surface area (Å²) in [6, 6.07) is 14.4. The summed E-state index contributed by atoms with van der Waals surface area (Å²) in [4.78, 5) is 167. The van der Waals surface area contributed by atoms with Crippen LogP contribution in [0.2, 0.25) is 0 Å². The van der Waals surface area contributed by atoms with Crippen molar-refractivity contribution >= 4 is 106 Å². The second-order valence-electron chi connectivity index (χ2n) is 34.9. The first-order valence-corrected chi connectivity index (χ1v) is 47.6. The lowest BCUT2D eigenvalue weighted by atomic mass is 9.83. The van der Waals surface area contributed by atoms with E-state index in [-0.39, 0.29) is 200 Å².